The average molecular weight is 425 g/mol. The van der Waals surface area contributed by atoms with Crippen molar-refractivity contribution in [3.05, 3.63) is 78.9 Å². The Morgan fingerprint density at radius 3 is 2.00 bits per heavy atom. The molecule has 0 heterocycles. The number of methoxy groups -OCH3 is 1. The molecule has 0 radical (unpaired) electrons. The first kappa shape index (κ1) is 25.2. The van der Waals surface area contributed by atoms with Gasteiger partial charge < -0.3 is 14.6 Å². The summed E-state index contributed by atoms with van der Waals surface area (Å²) in [7, 11) is 1.66. The topological polar surface area (TPSA) is 38.7 Å². The fraction of sp³-hybridized carbons (Fsp3) is 0.500. The molecule has 2 aromatic carbocycles. The maximum atomic E-state index is 10.2. The summed E-state index contributed by atoms with van der Waals surface area (Å²) in [6, 6.07) is 20.2. The molecule has 0 saturated heterocycles. The molecular weight excluding hydrogens is 384 g/mol. The Labute approximate surface area is 189 Å². The fourth-order valence-electron chi connectivity index (χ4n) is 4.62. The van der Waals surface area contributed by atoms with Crippen molar-refractivity contribution in [3.8, 4) is 5.75 Å². The molecule has 0 aliphatic heterocycles. The van der Waals surface area contributed by atoms with Gasteiger partial charge in [0.1, 0.15) is 11.9 Å². The summed E-state index contributed by atoms with van der Waals surface area (Å²) in [5.74, 6) is 0.866. The van der Waals surface area contributed by atoms with E-state index in [1.807, 2.05) is 54.6 Å². The second-order valence-electron chi connectivity index (χ2n) is 9.94. The molecule has 0 bridgehead atoms. The lowest BCUT2D eigenvalue weighted by Gasteiger charge is -2.45. The average Bonchev–Trinajstić information content (AvgIpc) is 2.76. The van der Waals surface area contributed by atoms with E-state index in [4.69, 9.17) is 9.47 Å². The van der Waals surface area contributed by atoms with Gasteiger partial charge in [0.25, 0.3) is 0 Å². The highest BCUT2D eigenvalue weighted by atomic mass is 16.5. The van der Waals surface area contributed by atoms with Gasteiger partial charge in [-0.3, -0.25) is 0 Å². The van der Waals surface area contributed by atoms with Gasteiger partial charge in [-0.05, 0) is 40.9 Å². The van der Waals surface area contributed by atoms with Crippen LogP contribution in [0.5, 0.6) is 5.75 Å². The van der Waals surface area contributed by atoms with Crippen LogP contribution in [0.25, 0.3) is 0 Å². The zero-order chi connectivity index (χ0) is 23.1. The molecule has 0 amide bonds. The monoisotopic (exact) mass is 424 g/mol. The quantitative estimate of drug-likeness (QED) is 0.396. The van der Waals surface area contributed by atoms with Crippen LogP contribution in [0, 0.1) is 16.7 Å². The Morgan fingerprint density at radius 2 is 1.52 bits per heavy atom. The third-order valence-corrected chi connectivity index (χ3v) is 6.63. The van der Waals surface area contributed by atoms with Gasteiger partial charge in [0.15, 0.2) is 0 Å². The van der Waals surface area contributed by atoms with Crippen molar-refractivity contribution in [1.29, 1.82) is 0 Å². The number of allylic oxidation sites excluding steroid dienone is 1. The standard InChI is InChI=1S/C28H40O3/c1-8-27(3,4)20-28(5,6)21(2)26(31-23-17-13-10-14-18-23)25(24(19-29)30-7)22-15-11-9-12-16-22/h8-18,21,24-26,29H,1,19-20H2,2-7H3. The molecule has 0 aliphatic rings. The molecule has 31 heavy (non-hydrogen) atoms. The van der Waals surface area contributed by atoms with Crippen molar-refractivity contribution in [2.45, 2.75) is 59.2 Å². The van der Waals surface area contributed by atoms with Crippen LogP contribution in [0.3, 0.4) is 0 Å². The van der Waals surface area contributed by atoms with Gasteiger partial charge in [0.2, 0.25) is 0 Å². The normalized spacial score (nSPS) is 16.2. The minimum absolute atomic E-state index is 0.00887. The van der Waals surface area contributed by atoms with Crippen LogP contribution in [0.4, 0.5) is 0 Å². The molecule has 1 N–H and O–H groups in total. The van der Waals surface area contributed by atoms with Gasteiger partial charge in [-0.25, -0.2) is 0 Å². The highest BCUT2D eigenvalue weighted by Gasteiger charge is 2.43. The molecule has 0 fully saturated rings. The number of ether oxygens (including phenoxy) is 2. The lowest BCUT2D eigenvalue weighted by molar-refractivity contribution is -0.0404. The highest BCUT2D eigenvalue weighted by molar-refractivity contribution is 5.26. The molecule has 3 nitrogen and oxygen atoms in total. The number of hydrogen-bond donors (Lipinski definition) is 1. The van der Waals surface area contributed by atoms with E-state index in [9.17, 15) is 5.11 Å². The second kappa shape index (κ2) is 11.0. The maximum absolute atomic E-state index is 10.2. The first-order valence-corrected chi connectivity index (χ1v) is 11.2. The lowest BCUT2D eigenvalue weighted by Crippen LogP contribution is -2.46. The van der Waals surface area contributed by atoms with Crippen molar-refractivity contribution in [2.24, 2.45) is 16.7 Å². The largest absolute Gasteiger partial charge is 0.489 e. The zero-order valence-electron chi connectivity index (χ0n) is 20.0. The number of benzene rings is 2. The van der Waals surface area contributed by atoms with Crippen LogP contribution in [0.2, 0.25) is 0 Å². The van der Waals surface area contributed by atoms with Crippen LogP contribution in [-0.4, -0.2) is 31.0 Å². The van der Waals surface area contributed by atoms with Crippen LogP contribution in [0.15, 0.2) is 73.3 Å². The van der Waals surface area contributed by atoms with Crippen molar-refractivity contribution in [2.75, 3.05) is 13.7 Å². The van der Waals surface area contributed by atoms with Gasteiger partial charge >= 0.3 is 0 Å². The molecule has 2 rings (SSSR count). The second-order valence-corrected chi connectivity index (χ2v) is 9.94. The Bertz CT molecular complexity index is 778. The van der Waals surface area contributed by atoms with Crippen molar-refractivity contribution >= 4 is 0 Å². The fourth-order valence-corrected chi connectivity index (χ4v) is 4.62. The van der Waals surface area contributed by atoms with Crippen LogP contribution >= 0.6 is 0 Å². The lowest BCUT2D eigenvalue weighted by atomic mass is 9.64. The van der Waals surface area contributed by atoms with E-state index in [-0.39, 0.29) is 41.5 Å². The van der Waals surface area contributed by atoms with Crippen molar-refractivity contribution < 1.29 is 14.6 Å². The van der Waals surface area contributed by atoms with Gasteiger partial charge in [-0.1, -0.05) is 89.2 Å². The highest BCUT2D eigenvalue weighted by Crippen LogP contribution is 2.45. The summed E-state index contributed by atoms with van der Waals surface area (Å²) < 4.78 is 12.5. The Balaban J connectivity index is 2.54. The number of aliphatic hydroxyl groups excluding tert-OH is 1. The number of hydrogen-bond acceptors (Lipinski definition) is 3. The van der Waals surface area contributed by atoms with Crippen LogP contribution < -0.4 is 4.74 Å². The molecule has 0 aliphatic carbocycles. The van der Waals surface area contributed by atoms with E-state index in [1.165, 1.54) is 0 Å². The van der Waals surface area contributed by atoms with Crippen molar-refractivity contribution in [1.82, 2.24) is 0 Å². The molecule has 0 saturated carbocycles. The van der Waals surface area contributed by atoms with Crippen LogP contribution in [-0.2, 0) is 4.74 Å². The summed E-state index contributed by atoms with van der Waals surface area (Å²) in [5, 5.41) is 10.2. The van der Waals surface area contributed by atoms with E-state index >= 15 is 0 Å². The summed E-state index contributed by atoms with van der Waals surface area (Å²) in [6.07, 6.45) is 2.44. The zero-order valence-corrected chi connectivity index (χ0v) is 20.0. The molecular formula is C28H40O3. The van der Waals surface area contributed by atoms with E-state index in [0.717, 1.165) is 17.7 Å². The van der Waals surface area contributed by atoms with Gasteiger partial charge in [0, 0.05) is 13.0 Å². The predicted molar refractivity (Wildman–Crippen MR) is 129 cm³/mol. The minimum Gasteiger partial charge on any atom is -0.489 e. The number of para-hydroxylation sites is 1. The molecule has 4 unspecified atom stereocenters. The van der Waals surface area contributed by atoms with E-state index in [0.29, 0.717) is 0 Å². The SMILES string of the molecule is C=CC(C)(C)CC(C)(C)C(C)C(Oc1ccccc1)C(c1ccccc1)C(CO)OC. The number of aliphatic hydroxyl groups is 1. The summed E-state index contributed by atoms with van der Waals surface area (Å²) in [6.45, 7) is 15.3. The molecule has 0 aromatic heterocycles. The Morgan fingerprint density at radius 1 is 0.968 bits per heavy atom. The van der Waals surface area contributed by atoms with Gasteiger partial charge in [0.05, 0.1) is 12.7 Å². The molecule has 3 heteroatoms. The van der Waals surface area contributed by atoms with Crippen molar-refractivity contribution in [3.63, 3.8) is 0 Å². The first-order chi connectivity index (χ1) is 14.6. The third kappa shape index (κ3) is 6.69. The molecule has 170 valence electrons. The van der Waals surface area contributed by atoms with E-state index < -0.39 is 0 Å². The molecule has 2 aromatic rings. The minimum atomic E-state index is -0.373. The van der Waals surface area contributed by atoms with E-state index in [2.05, 4.69) is 53.3 Å². The van der Waals surface area contributed by atoms with Crippen LogP contribution in [0.1, 0.15) is 52.5 Å². The molecule has 0 spiro atoms. The maximum Gasteiger partial charge on any atom is 0.119 e. The smallest absolute Gasteiger partial charge is 0.119 e. The Kier molecular flexibility index (Phi) is 8.90. The molecule has 4 atom stereocenters. The van der Waals surface area contributed by atoms with Gasteiger partial charge in [-0.2, -0.15) is 0 Å². The first-order valence-electron chi connectivity index (χ1n) is 11.2. The van der Waals surface area contributed by atoms with Gasteiger partial charge in [-0.15, -0.1) is 6.58 Å². The third-order valence-electron chi connectivity index (χ3n) is 6.63. The number of rotatable bonds is 12. The predicted octanol–water partition coefficient (Wildman–Crippen LogP) is 6.49. The summed E-state index contributed by atoms with van der Waals surface area (Å²) >= 11 is 0. The summed E-state index contributed by atoms with van der Waals surface area (Å²) in [5.41, 5.74) is 1.07. The summed E-state index contributed by atoms with van der Waals surface area (Å²) in [4.78, 5) is 0. The van der Waals surface area contributed by atoms with E-state index in [1.54, 1.807) is 7.11 Å². The Hall–Kier alpha value is -2.10.